The number of rotatable bonds is 4. The van der Waals surface area contributed by atoms with Crippen molar-refractivity contribution in [3.63, 3.8) is 0 Å². The molecule has 0 fully saturated rings. The molecule has 2 rings (SSSR count). The molecule has 2 heterocycles. The quantitative estimate of drug-likeness (QED) is 0.409. The summed E-state index contributed by atoms with van der Waals surface area (Å²) in [5.74, 6) is 8.00. The molecule has 0 saturated carbocycles. The van der Waals surface area contributed by atoms with Gasteiger partial charge in [-0.2, -0.15) is 20.1 Å². The fraction of sp³-hybridized carbons (Fsp3) is 0.111. The van der Waals surface area contributed by atoms with Crippen molar-refractivity contribution in [1.82, 2.24) is 24.7 Å². The first kappa shape index (κ1) is 10.8. The van der Waals surface area contributed by atoms with Gasteiger partial charge in [0.15, 0.2) is 6.61 Å². The van der Waals surface area contributed by atoms with Gasteiger partial charge in [-0.25, -0.2) is 10.5 Å². The highest BCUT2D eigenvalue weighted by Crippen LogP contribution is 2.09. The van der Waals surface area contributed by atoms with Gasteiger partial charge in [-0.1, -0.05) is 5.92 Å². The topological polar surface area (TPSA) is 104 Å². The van der Waals surface area contributed by atoms with Gasteiger partial charge in [0.2, 0.25) is 5.95 Å². The number of ether oxygens (including phenoxy) is 1. The average Bonchev–Trinajstić information content (AvgIpc) is 2.89. The number of hydrazine groups is 1. The van der Waals surface area contributed by atoms with E-state index < -0.39 is 0 Å². The maximum absolute atomic E-state index is 5.24. The van der Waals surface area contributed by atoms with Crippen molar-refractivity contribution in [3.8, 4) is 24.3 Å². The Morgan fingerprint density at radius 1 is 1.47 bits per heavy atom. The lowest BCUT2D eigenvalue weighted by Gasteiger charge is -2.05. The minimum absolute atomic E-state index is 0.0621. The maximum Gasteiger partial charge on any atom is 0.324 e. The standard InChI is InChI=1S/C9H9N7O/c1-2-6-17-9-13-7(15-10)12-8(14-9)16-5-3-4-11-16/h1,3-5H,6,10H2,(H,12,13,14,15). The summed E-state index contributed by atoms with van der Waals surface area (Å²) < 4.78 is 6.55. The predicted octanol–water partition coefficient (Wildman–Crippen LogP) is -0.645. The van der Waals surface area contributed by atoms with Crippen molar-refractivity contribution in [1.29, 1.82) is 0 Å². The third-order valence-corrected chi connectivity index (χ3v) is 1.73. The Morgan fingerprint density at radius 2 is 2.35 bits per heavy atom. The summed E-state index contributed by atoms with van der Waals surface area (Å²) in [6.45, 7) is 0.0621. The lowest BCUT2D eigenvalue weighted by molar-refractivity contribution is 0.338. The Kier molecular flexibility index (Phi) is 3.13. The molecular formula is C9H9N7O. The third kappa shape index (κ3) is 2.47. The summed E-state index contributed by atoms with van der Waals surface area (Å²) in [5.41, 5.74) is 2.31. The van der Waals surface area contributed by atoms with E-state index in [-0.39, 0.29) is 24.5 Å². The number of hydrogen-bond acceptors (Lipinski definition) is 7. The second-order valence-corrected chi connectivity index (χ2v) is 2.83. The highest BCUT2D eigenvalue weighted by molar-refractivity contribution is 5.28. The van der Waals surface area contributed by atoms with Crippen LogP contribution in [-0.2, 0) is 0 Å². The van der Waals surface area contributed by atoms with E-state index in [0.717, 1.165) is 0 Å². The Labute approximate surface area is 96.8 Å². The highest BCUT2D eigenvalue weighted by atomic mass is 16.5. The van der Waals surface area contributed by atoms with Crippen molar-refractivity contribution < 1.29 is 4.74 Å². The monoisotopic (exact) mass is 231 g/mol. The molecule has 0 unspecified atom stereocenters. The number of nitrogens with zero attached hydrogens (tertiary/aromatic N) is 5. The molecule has 2 aromatic rings. The third-order valence-electron chi connectivity index (χ3n) is 1.73. The molecule has 0 aliphatic rings. The highest BCUT2D eigenvalue weighted by Gasteiger charge is 2.08. The van der Waals surface area contributed by atoms with E-state index in [4.69, 9.17) is 17.0 Å². The Bertz CT molecular complexity index is 531. The summed E-state index contributed by atoms with van der Waals surface area (Å²) in [5, 5.41) is 3.98. The number of nitrogens with one attached hydrogen (secondary N) is 1. The molecule has 0 aliphatic carbocycles. The van der Waals surface area contributed by atoms with Gasteiger partial charge in [-0.15, -0.1) is 6.42 Å². The number of aromatic nitrogens is 5. The molecule has 0 atom stereocenters. The number of anilines is 1. The van der Waals surface area contributed by atoms with Crippen LogP contribution < -0.4 is 16.0 Å². The van der Waals surface area contributed by atoms with Crippen molar-refractivity contribution in [3.05, 3.63) is 18.5 Å². The Hall–Kier alpha value is -2.66. The molecule has 3 N–H and O–H groups in total. The zero-order valence-electron chi connectivity index (χ0n) is 8.74. The van der Waals surface area contributed by atoms with Gasteiger partial charge in [-0.05, 0) is 6.07 Å². The first-order valence-corrected chi connectivity index (χ1v) is 4.62. The second-order valence-electron chi connectivity index (χ2n) is 2.83. The minimum atomic E-state index is 0.0621. The minimum Gasteiger partial charge on any atom is -0.450 e. The largest absolute Gasteiger partial charge is 0.450 e. The van der Waals surface area contributed by atoms with E-state index in [9.17, 15) is 0 Å². The van der Waals surface area contributed by atoms with Crippen LogP contribution in [0.25, 0.3) is 5.95 Å². The molecule has 86 valence electrons. The molecule has 0 amide bonds. The van der Waals surface area contributed by atoms with Gasteiger partial charge < -0.3 is 4.74 Å². The second kappa shape index (κ2) is 4.91. The number of hydrogen-bond donors (Lipinski definition) is 2. The molecule has 8 heteroatoms. The molecule has 2 aromatic heterocycles. The molecule has 0 radical (unpaired) electrons. The number of nitrogen functional groups attached to an aromatic ring is 1. The van der Waals surface area contributed by atoms with Crippen molar-refractivity contribution in [2.75, 3.05) is 12.0 Å². The normalized spacial score (nSPS) is 9.65. The summed E-state index contributed by atoms with van der Waals surface area (Å²) >= 11 is 0. The van der Waals surface area contributed by atoms with Crippen LogP contribution in [0.1, 0.15) is 0 Å². The van der Waals surface area contributed by atoms with E-state index in [1.165, 1.54) is 4.68 Å². The lowest BCUT2D eigenvalue weighted by atomic mass is 10.7. The van der Waals surface area contributed by atoms with Crippen molar-refractivity contribution in [2.24, 2.45) is 5.84 Å². The summed E-state index contributed by atoms with van der Waals surface area (Å²) in [6.07, 6.45) is 8.36. The van der Waals surface area contributed by atoms with Crippen molar-refractivity contribution in [2.45, 2.75) is 0 Å². The van der Waals surface area contributed by atoms with Crippen LogP contribution in [0.15, 0.2) is 18.5 Å². The first-order chi connectivity index (χ1) is 8.33. The van der Waals surface area contributed by atoms with Crippen LogP contribution in [0.2, 0.25) is 0 Å². The van der Waals surface area contributed by atoms with Crippen molar-refractivity contribution >= 4 is 5.95 Å². The Balaban J connectivity index is 2.36. The maximum atomic E-state index is 5.24. The summed E-state index contributed by atoms with van der Waals surface area (Å²) in [7, 11) is 0. The number of nitrogens with two attached hydrogens (primary N) is 1. The molecular weight excluding hydrogens is 222 g/mol. The average molecular weight is 231 g/mol. The fourth-order valence-electron chi connectivity index (χ4n) is 1.07. The molecule has 17 heavy (non-hydrogen) atoms. The van der Waals surface area contributed by atoms with Crippen LogP contribution in [0.4, 0.5) is 5.95 Å². The molecule has 8 nitrogen and oxygen atoms in total. The number of terminal acetylenes is 1. The van der Waals surface area contributed by atoms with Gasteiger partial charge in [0.1, 0.15) is 0 Å². The van der Waals surface area contributed by atoms with E-state index >= 15 is 0 Å². The Morgan fingerprint density at radius 3 is 3.00 bits per heavy atom. The van der Waals surface area contributed by atoms with Gasteiger partial charge in [0, 0.05) is 12.4 Å². The predicted molar refractivity (Wildman–Crippen MR) is 59.1 cm³/mol. The van der Waals surface area contributed by atoms with Crippen LogP contribution in [0, 0.1) is 12.3 Å². The fourth-order valence-corrected chi connectivity index (χ4v) is 1.07. The molecule has 0 aliphatic heterocycles. The van der Waals surface area contributed by atoms with Crippen LogP contribution >= 0.6 is 0 Å². The van der Waals surface area contributed by atoms with Gasteiger partial charge in [0.25, 0.3) is 5.95 Å². The molecule has 0 saturated heterocycles. The summed E-state index contributed by atoms with van der Waals surface area (Å²) in [6, 6.07) is 1.82. The smallest absolute Gasteiger partial charge is 0.324 e. The molecule has 0 bridgehead atoms. The van der Waals surface area contributed by atoms with Gasteiger partial charge in [-0.3, -0.25) is 5.43 Å². The van der Waals surface area contributed by atoms with E-state index in [2.05, 4.69) is 31.4 Å². The van der Waals surface area contributed by atoms with Crippen LogP contribution in [0.5, 0.6) is 6.01 Å². The SMILES string of the molecule is C#CCOc1nc(NN)nc(-n2cccn2)n1. The lowest BCUT2D eigenvalue weighted by Crippen LogP contribution is -2.15. The molecule has 0 spiro atoms. The van der Waals surface area contributed by atoms with Crippen LogP contribution in [0.3, 0.4) is 0 Å². The summed E-state index contributed by atoms with van der Waals surface area (Å²) in [4.78, 5) is 11.9. The van der Waals surface area contributed by atoms with Gasteiger partial charge in [0.05, 0.1) is 0 Å². The van der Waals surface area contributed by atoms with E-state index in [0.29, 0.717) is 0 Å². The van der Waals surface area contributed by atoms with Gasteiger partial charge >= 0.3 is 6.01 Å². The van der Waals surface area contributed by atoms with E-state index in [1.807, 2.05) is 0 Å². The zero-order valence-corrected chi connectivity index (χ0v) is 8.74. The first-order valence-electron chi connectivity index (χ1n) is 4.62. The van der Waals surface area contributed by atoms with Crippen LogP contribution in [-0.4, -0.2) is 31.3 Å². The molecule has 0 aromatic carbocycles. The van der Waals surface area contributed by atoms with E-state index in [1.54, 1.807) is 18.5 Å². The zero-order chi connectivity index (χ0) is 12.1.